The molecule has 0 saturated carbocycles. The van der Waals surface area contributed by atoms with E-state index in [0.29, 0.717) is 0 Å². The molecular formula is C12H24. The lowest BCUT2D eigenvalue weighted by atomic mass is 9.91. The van der Waals surface area contributed by atoms with Crippen molar-refractivity contribution >= 4 is 0 Å². The molecule has 0 aromatic heterocycles. The zero-order valence-electron chi connectivity index (χ0n) is 9.19. The van der Waals surface area contributed by atoms with Gasteiger partial charge in [-0.25, -0.2) is 0 Å². The normalized spacial score (nSPS) is 13.4. The standard InChI is InChI=1S/C12H24/c1-6-12(11(4)5)9-7-8-10(2)3/h10,12H,4,6-9H2,1-3,5H3. The van der Waals surface area contributed by atoms with Gasteiger partial charge in [0, 0.05) is 0 Å². The van der Waals surface area contributed by atoms with Gasteiger partial charge in [0.1, 0.15) is 0 Å². The van der Waals surface area contributed by atoms with E-state index in [9.17, 15) is 0 Å². The molecule has 0 radical (unpaired) electrons. The Morgan fingerprint density at radius 1 is 1.25 bits per heavy atom. The topological polar surface area (TPSA) is 0 Å². The molecule has 72 valence electrons. The molecule has 1 atom stereocenters. The lowest BCUT2D eigenvalue weighted by molar-refractivity contribution is 0.464. The fourth-order valence-corrected chi connectivity index (χ4v) is 1.57. The molecule has 0 nitrogen and oxygen atoms in total. The van der Waals surface area contributed by atoms with Crippen molar-refractivity contribution in [3.05, 3.63) is 12.2 Å². The van der Waals surface area contributed by atoms with E-state index >= 15 is 0 Å². The van der Waals surface area contributed by atoms with Crippen LogP contribution >= 0.6 is 0 Å². The third-order valence-electron chi connectivity index (χ3n) is 2.52. The van der Waals surface area contributed by atoms with Crippen LogP contribution in [0, 0.1) is 11.8 Å². The second-order valence-electron chi connectivity index (χ2n) is 4.28. The average Bonchev–Trinajstić information content (AvgIpc) is 1.96. The van der Waals surface area contributed by atoms with E-state index in [4.69, 9.17) is 0 Å². The van der Waals surface area contributed by atoms with Gasteiger partial charge in [-0.05, 0) is 31.6 Å². The minimum Gasteiger partial charge on any atom is -0.0999 e. The van der Waals surface area contributed by atoms with Gasteiger partial charge in [-0.15, -0.1) is 0 Å². The molecule has 0 rings (SSSR count). The van der Waals surface area contributed by atoms with Gasteiger partial charge < -0.3 is 0 Å². The summed E-state index contributed by atoms with van der Waals surface area (Å²) in [6.07, 6.45) is 5.32. The van der Waals surface area contributed by atoms with Gasteiger partial charge in [0.15, 0.2) is 0 Å². The van der Waals surface area contributed by atoms with E-state index in [1.54, 1.807) is 0 Å². The molecule has 1 unspecified atom stereocenters. The molecule has 0 N–H and O–H groups in total. The first kappa shape index (κ1) is 11.7. The average molecular weight is 168 g/mol. The Balaban J connectivity index is 3.52. The van der Waals surface area contributed by atoms with Crippen molar-refractivity contribution in [2.75, 3.05) is 0 Å². The van der Waals surface area contributed by atoms with Crippen LogP contribution in [-0.4, -0.2) is 0 Å². The summed E-state index contributed by atoms with van der Waals surface area (Å²) in [5.41, 5.74) is 1.36. The summed E-state index contributed by atoms with van der Waals surface area (Å²) >= 11 is 0. The fourth-order valence-electron chi connectivity index (χ4n) is 1.57. The number of allylic oxidation sites excluding steroid dienone is 1. The van der Waals surface area contributed by atoms with Crippen LogP contribution in [-0.2, 0) is 0 Å². The third kappa shape index (κ3) is 5.40. The molecule has 0 amide bonds. The number of hydrogen-bond acceptors (Lipinski definition) is 0. The Morgan fingerprint density at radius 2 is 1.83 bits per heavy atom. The van der Waals surface area contributed by atoms with Gasteiger partial charge in [-0.1, -0.05) is 45.8 Å². The van der Waals surface area contributed by atoms with E-state index in [1.807, 2.05) is 0 Å². The number of rotatable bonds is 6. The summed E-state index contributed by atoms with van der Waals surface area (Å²) in [5, 5.41) is 0. The van der Waals surface area contributed by atoms with Crippen molar-refractivity contribution < 1.29 is 0 Å². The molecule has 12 heavy (non-hydrogen) atoms. The van der Waals surface area contributed by atoms with Crippen LogP contribution in [0.25, 0.3) is 0 Å². The van der Waals surface area contributed by atoms with E-state index in [1.165, 1.54) is 31.3 Å². The first-order valence-corrected chi connectivity index (χ1v) is 5.23. The monoisotopic (exact) mass is 168 g/mol. The van der Waals surface area contributed by atoms with Crippen LogP contribution in [0.1, 0.15) is 53.4 Å². The highest BCUT2D eigenvalue weighted by atomic mass is 14.1. The number of hydrogen-bond donors (Lipinski definition) is 0. The SMILES string of the molecule is C=C(C)C(CC)CCCC(C)C. The largest absolute Gasteiger partial charge is 0.0999 e. The first-order valence-electron chi connectivity index (χ1n) is 5.23. The summed E-state index contributed by atoms with van der Waals surface area (Å²) in [7, 11) is 0. The van der Waals surface area contributed by atoms with Gasteiger partial charge in [0.05, 0.1) is 0 Å². The predicted molar refractivity (Wildman–Crippen MR) is 57.3 cm³/mol. The Morgan fingerprint density at radius 3 is 2.17 bits per heavy atom. The van der Waals surface area contributed by atoms with Crippen LogP contribution in [0.5, 0.6) is 0 Å². The van der Waals surface area contributed by atoms with Crippen molar-refractivity contribution in [3.8, 4) is 0 Å². The maximum absolute atomic E-state index is 4.02. The lowest BCUT2D eigenvalue weighted by Gasteiger charge is -2.14. The van der Waals surface area contributed by atoms with Crippen LogP contribution in [0.3, 0.4) is 0 Å². The van der Waals surface area contributed by atoms with Crippen molar-refractivity contribution in [1.82, 2.24) is 0 Å². The van der Waals surface area contributed by atoms with Crippen LogP contribution in [0.2, 0.25) is 0 Å². The highest BCUT2D eigenvalue weighted by Crippen LogP contribution is 2.21. The minimum atomic E-state index is 0.767. The van der Waals surface area contributed by atoms with Gasteiger partial charge in [-0.2, -0.15) is 0 Å². The zero-order chi connectivity index (χ0) is 9.56. The highest BCUT2D eigenvalue weighted by Gasteiger charge is 2.06. The molecule has 0 aromatic rings. The summed E-state index contributed by atoms with van der Waals surface area (Å²) < 4.78 is 0. The van der Waals surface area contributed by atoms with E-state index in [2.05, 4.69) is 34.3 Å². The molecule has 0 aliphatic heterocycles. The van der Waals surface area contributed by atoms with Gasteiger partial charge in [-0.3, -0.25) is 0 Å². The van der Waals surface area contributed by atoms with E-state index < -0.39 is 0 Å². The van der Waals surface area contributed by atoms with Crippen LogP contribution in [0.4, 0.5) is 0 Å². The quantitative estimate of drug-likeness (QED) is 0.515. The van der Waals surface area contributed by atoms with Gasteiger partial charge in [0.2, 0.25) is 0 Å². The van der Waals surface area contributed by atoms with Crippen molar-refractivity contribution in [3.63, 3.8) is 0 Å². The third-order valence-corrected chi connectivity index (χ3v) is 2.52. The molecule has 0 aliphatic rings. The Bertz CT molecular complexity index is 122. The highest BCUT2D eigenvalue weighted by molar-refractivity contribution is 4.95. The molecule has 0 fully saturated rings. The summed E-state index contributed by atoms with van der Waals surface area (Å²) in [5.74, 6) is 1.62. The van der Waals surface area contributed by atoms with Crippen molar-refractivity contribution in [2.24, 2.45) is 11.8 Å². The fraction of sp³-hybridized carbons (Fsp3) is 0.833. The Kier molecular flexibility index (Phi) is 6.14. The summed E-state index contributed by atoms with van der Waals surface area (Å²) in [6.45, 7) is 13.0. The molecule has 0 bridgehead atoms. The molecule has 0 spiro atoms. The van der Waals surface area contributed by atoms with E-state index in [-0.39, 0.29) is 0 Å². The van der Waals surface area contributed by atoms with Crippen molar-refractivity contribution in [2.45, 2.75) is 53.4 Å². The Hall–Kier alpha value is -0.260. The predicted octanol–water partition coefficient (Wildman–Crippen LogP) is 4.42. The maximum Gasteiger partial charge on any atom is -0.0211 e. The lowest BCUT2D eigenvalue weighted by Crippen LogP contribution is -2.00. The second-order valence-corrected chi connectivity index (χ2v) is 4.28. The van der Waals surface area contributed by atoms with E-state index in [0.717, 1.165) is 11.8 Å². The molecular weight excluding hydrogens is 144 g/mol. The first-order chi connectivity index (χ1) is 5.57. The summed E-state index contributed by atoms with van der Waals surface area (Å²) in [4.78, 5) is 0. The smallest absolute Gasteiger partial charge is 0.0211 e. The zero-order valence-corrected chi connectivity index (χ0v) is 9.19. The molecule has 0 saturated heterocycles. The summed E-state index contributed by atoms with van der Waals surface area (Å²) in [6, 6.07) is 0. The van der Waals surface area contributed by atoms with Gasteiger partial charge in [0.25, 0.3) is 0 Å². The molecule has 0 aromatic carbocycles. The molecule has 0 aliphatic carbocycles. The molecule has 0 heteroatoms. The van der Waals surface area contributed by atoms with Gasteiger partial charge >= 0.3 is 0 Å². The molecule has 0 heterocycles. The Labute approximate surface area is 78.1 Å². The van der Waals surface area contributed by atoms with Crippen molar-refractivity contribution in [1.29, 1.82) is 0 Å². The minimum absolute atomic E-state index is 0.767. The maximum atomic E-state index is 4.02. The van der Waals surface area contributed by atoms with Crippen LogP contribution < -0.4 is 0 Å². The van der Waals surface area contributed by atoms with Crippen LogP contribution in [0.15, 0.2) is 12.2 Å². The second kappa shape index (κ2) is 6.28.